The quantitative estimate of drug-likeness (QED) is 0.102. The lowest BCUT2D eigenvalue weighted by Gasteiger charge is -2.12. The van der Waals surface area contributed by atoms with Crippen LogP contribution in [0.2, 0.25) is 6.04 Å². The Bertz CT molecular complexity index is 229. The van der Waals surface area contributed by atoms with Crippen LogP contribution in [-0.2, 0) is 9.53 Å². The lowest BCUT2D eigenvalue weighted by Crippen LogP contribution is -2.12. The molecule has 0 saturated heterocycles. The number of ether oxygens (including phenoxy) is 1. The van der Waals surface area contributed by atoms with Gasteiger partial charge in [0.05, 0.1) is 6.10 Å². The summed E-state index contributed by atoms with van der Waals surface area (Å²) in [5.74, 6) is -0.314. The predicted molar refractivity (Wildman–Crippen MR) is 96.8 cm³/mol. The molecule has 0 saturated carbocycles. The fourth-order valence-electron chi connectivity index (χ4n) is 1.24. The largest absolute Gasteiger partial charge is 0.460 e. The van der Waals surface area contributed by atoms with Gasteiger partial charge in [-0.25, -0.2) is 4.79 Å². The van der Waals surface area contributed by atoms with E-state index in [2.05, 4.69) is 72.0 Å². The SMILES string of the molecule is C=CC(=O)OC(C)CCCCC[Si](I)(I)I. The van der Waals surface area contributed by atoms with Gasteiger partial charge < -0.3 is 4.74 Å². The van der Waals surface area contributed by atoms with Gasteiger partial charge in [-0.1, -0.05) is 84.8 Å². The molecule has 0 radical (unpaired) electrons. The highest BCUT2D eigenvalue weighted by Crippen LogP contribution is 2.35. The normalized spacial score (nSPS) is 13.2. The third-order valence-electron chi connectivity index (χ3n) is 2.05. The molecule has 0 aliphatic rings. The maximum absolute atomic E-state index is 10.9. The number of carbonyl (C=O) groups excluding carboxylic acids is 1. The first-order valence-corrected chi connectivity index (χ1v) is 16.8. The van der Waals surface area contributed by atoms with Crippen LogP contribution in [0.5, 0.6) is 0 Å². The van der Waals surface area contributed by atoms with Crippen LogP contribution in [-0.4, -0.2) is 12.6 Å². The predicted octanol–water partition coefficient (Wildman–Crippen LogP) is 4.91. The third kappa shape index (κ3) is 12.1. The van der Waals surface area contributed by atoms with Crippen LogP contribution in [0.1, 0.15) is 32.6 Å². The van der Waals surface area contributed by atoms with Crippen molar-refractivity contribution in [2.75, 3.05) is 0 Å². The number of unbranched alkanes of at least 4 members (excludes halogenated alkanes) is 2. The highest BCUT2D eigenvalue weighted by atomic mass is 127. The van der Waals surface area contributed by atoms with Crippen molar-refractivity contribution in [1.82, 2.24) is 0 Å². The number of hydrogen-bond acceptors (Lipinski definition) is 2. The Balaban J connectivity index is 3.45. The van der Waals surface area contributed by atoms with Crippen molar-refractivity contribution in [2.45, 2.75) is 44.8 Å². The zero-order valence-electron chi connectivity index (χ0n) is 9.35. The molecule has 0 rings (SSSR count). The van der Waals surface area contributed by atoms with Gasteiger partial charge in [0.25, 0.3) is 0.564 Å². The van der Waals surface area contributed by atoms with E-state index < -0.39 is 0.564 Å². The molecule has 0 aromatic rings. The molecule has 0 N–H and O–H groups in total. The number of rotatable bonds is 8. The zero-order valence-corrected chi connectivity index (χ0v) is 16.8. The number of carbonyl (C=O) groups is 1. The van der Waals surface area contributed by atoms with Gasteiger partial charge in [-0.15, -0.1) is 0 Å². The highest BCUT2D eigenvalue weighted by molar-refractivity contribution is 14.4. The lowest BCUT2D eigenvalue weighted by atomic mass is 10.1. The van der Waals surface area contributed by atoms with Gasteiger partial charge in [0.2, 0.25) is 0 Å². The standard InChI is InChI=1S/C10H17I3O2Si/c1-3-10(14)15-9(2)7-5-4-6-8-16(11,12)13/h3,9H,1,4-8H2,2H3. The summed E-state index contributed by atoms with van der Waals surface area (Å²) in [6, 6.07) is 1.36. The minimum atomic E-state index is -0.955. The average molecular weight is 578 g/mol. The van der Waals surface area contributed by atoms with E-state index in [-0.39, 0.29) is 12.1 Å². The minimum Gasteiger partial charge on any atom is -0.460 e. The van der Waals surface area contributed by atoms with E-state index in [0.29, 0.717) is 0 Å². The van der Waals surface area contributed by atoms with Crippen molar-refractivity contribution < 1.29 is 9.53 Å². The van der Waals surface area contributed by atoms with Crippen LogP contribution in [0.15, 0.2) is 12.7 Å². The highest BCUT2D eigenvalue weighted by Gasteiger charge is 2.20. The van der Waals surface area contributed by atoms with Crippen LogP contribution in [0.25, 0.3) is 0 Å². The molecular formula is C10H17I3O2Si. The van der Waals surface area contributed by atoms with Crippen LogP contribution in [0.4, 0.5) is 0 Å². The number of hydrogen-bond donors (Lipinski definition) is 0. The topological polar surface area (TPSA) is 26.3 Å². The maximum Gasteiger partial charge on any atom is 0.330 e. The molecule has 94 valence electrons. The first-order chi connectivity index (χ1) is 7.35. The minimum absolute atomic E-state index is 0.0197. The molecule has 0 fully saturated rings. The molecule has 1 atom stereocenters. The Hall–Kier alpha value is 1.62. The molecule has 0 aliphatic heterocycles. The Morgan fingerprint density at radius 2 is 2.00 bits per heavy atom. The molecule has 0 aromatic carbocycles. The van der Waals surface area contributed by atoms with E-state index >= 15 is 0 Å². The summed E-state index contributed by atoms with van der Waals surface area (Å²) in [6.45, 7) is 5.32. The summed E-state index contributed by atoms with van der Waals surface area (Å²) in [5.41, 5.74) is 0. The van der Waals surface area contributed by atoms with E-state index in [1.807, 2.05) is 6.92 Å². The molecule has 0 bridgehead atoms. The van der Waals surface area contributed by atoms with Gasteiger partial charge in [-0.05, 0) is 25.8 Å². The van der Waals surface area contributed by atoms with Crippen molar-refractivity contribution in [3.63, 3.8) is 0 Å². The molecule has 0 amide bonds. The zero-order chi connectivity index (χ0) is 12.6. The Labute approximate surface area is 137 Å². The molecule has 0 heterocycles. The third-order valence-corrected chi connectivity index (χ3v) is 7.83. The first-order valence-electron chi connectivity index (χ1n) is 5.25. The van der Waals surface area contributed by atoms with Gasteiger partial charge in [0.15, 0.2) is 0 Å². The summed E-state index contributed by atoms with van der Waals surface area (Å²) in [4.78, 5) is 10.9. The van der Waals surface area contributed by atoms with Crippen LogP contribution >= 0.6 is 65.4 Å². The van der Waals surface area contributed by atoms with Crippen molar-refractivity contribution in [3.8, 4) is 0 Å². The average Bonchev–Trinajstić information content (AvgIpc) is 2.15. The summed E-state index contributed by atoms with van der Waals surface area (Å²) >= 11 is 7.78. The molecule has 6 heteroatoms. The second-order valence-corrected chi connectivity index (χ2v) is 40.5. The van der Waals surface area contributed by atoms with Gasteiger partial charge in [0.1, 0.15) is 0 Å². The smallest absolute Gasteiger partial charge is 0.330 e. The van der Waals surface area contributed by atoms with Crippen molar-refractivity contribution >= 4 is 71.9 Å². The molecule has 0 aliphatic carbocycles. The molecule has 0 spiro atoms. The fourth-order valence-corrected chi connectivity index (χ4v) is 5.32. The summed E-state index contributed by atoms with van der Waals surface area (Å²) < 4.78 is 4.14. The van der Waals surface area contributed by atoms with Crippen LogP contribution in [0, 0.1) is 0 Å². The van der Waals surface area contributed by atoms with E-state index in [1.54, 1.807) is 0 Å². The van der Waals surface area contributed by atoms with Crippen LogP contribution in [0.3, 0.4) is 0 Å². The summed E-state index contributed by atoms with van der Waals surface area (Å²) in [7, 11) is 0. The Kier molecular flexibility index (Phi) is 10.5. The van der Waals surface area contributed by atoms with Crippen molar-refractivity contribution in [3.05, 3.63) is 12.7 Å². The van der Waals surface area contributed by atoms with E-state index in [9.17, 15) is 4.79 Å². The molecular weight excluding hydrogens is 561 g/mol. The van der Waals surface area contributed by atoms with E-state index in [4.69, 9.17) is 4.74 Å². The van der Waals surface area contributed by atoms with Gasteiger partial charge >= 0.3 is 5.97 Å². The Morgan fingerprint density at radius 3 is 2.50 bits per heavy atom. The fraction of sp³-hybridized carbons (Fsp3) is 0.700. The molecule has 2 nitrogen and oxygen atoms in total. The first kappa shape index (κ1) is 17.6. The summed E-state index contributed by atoms with van der Waals surface area (Å²) in [5, 5.41) is 0. The molecule has 16 heavy (non-hydrogen) atoms. The monoisotopic (exact) mass is 578 g/mol. The number of halogens is 3. The van der Waals surface area contributed by atoms with E-state index in [1.165, 1.54) is 25.0 Å². The number of esters is 1. The van der Waals surface area contributed by atoms with E-state index in [0.717, 1.165) is 12.8 Å². The van der Waals surface area contributed by atoms with Gasteiger partial charge in [-0.2, -0.15) is 0 Å². The second kappa shape index (κ2) is 9.53. The van der Waals surface area contributed by atoms with Crippen molar-refractivity contribution in [1.29, 1.82) is 0 Å². The van der Waals surface area contributed by atoms with Crippen molar-refractivity contribution in [2.24, 2.45) is 0 Å². The molecule has 1 unspecified atom stereocenters. The lowest BCUT2D eigenvalue weighted by molar-refractivity contribution is -0.142. The van der Waals surface area contributed by atoms with Crippen LogP contribution < -0.4 is 0 Å². The maximum atomic E-state index is 10.9. The Morgan fingerprint density at radius 1 is 1.38 bits per heavy atom. The summed E-state index contributed by atoms with van der Waals surface area (Å²) in [6.07, 6.45) is 5.87. The molecule has 0 aromatic heterocycles. The van der Waals surface area contributed by atoms with Gasteiger partial charge in [-0.3, -0.25) is 0 Å². The second-order valence-electron chi connectivity index (χ2n) is 3.67. The van der Waals surface area contributed by atoms with Gasteiger partial charge in [0, 0.05) is 6.08 Å².